The molecule has 3 unspecified atom stereocenters. The minimum absolute atomic E-state index is 0.152. The monoisotopic (exact) mass is 422 g/mol. The van der Waals surface area contributed by atoms with Gasteiger partial charge in [-0.2, -0.15) is 0 Å². The highest BCUT2D eigenvalue weighted by atomic mass is 19.1. The summed E-state index contributed by atoms with van der Waals surface area (Å²) >= 11 is 0. The molecule has 1 N–H and O–H groups in total. The number of amides is 1. The van der Waals surface area contributed by atoms with Crippen molar-refractivity contribution in [3.63, 3.8) is 0 Å². The molecule has 1 aliphatic carbocycles. The quantitative estimate of drug-likeness (QED) is 0.722. The van der Waals surface area contributed by atoms with Gasteiger partial charge in [-0.3, -0.25) is 9.69 Å². The van der Waals surface area contributed by atoms with Crippen molar-refractivity contribution in [1.82, 2.24) is 15.1 Å². The summed E-state index contributed by atoms with van der Waals surface area (Å²) in [6.45, 7) is 6.25. The molecule has 164 valence electrons. The van der Waals surface area contributed by atoms with Crippen molar-refractivity contribution < 1.29 is 9.18 Å². The zero-order valence-electron chi connectivity index (χ0n) is 18.5. The van der Waals surface area contributed by atoms with Crippen LogP contribution in [0.5, 0.6) is 0 Å². The van der Waals surface area contributed by atoms with Crippen LogP contribution in [0.25, 0.3) is 0 Å². The van der Waals surface area contributed by atoms with Crippen LogP contribution in [-0.4, -0.2) is 48.2 Å². The van der Waals surface area contributed by atoms with Crippen LogP contribution in [0.1, 0.15) is 44.0 Å². The average Bonchev–Trinajstić information content (AvgIpc) is 2.76. The third kappa shape index (κ3) is 4.35. The molecule has 2 aliphatic rings. The van der Waals surface area contributed by atoms with Crippen molar-refractivity contribution in [2.45, 2.75) is 32.9 Å². The van der Waals surface area contributed by atoms with Gasteiger partial charge in [-0.15, -0.1) is 0 Å². The molecule has 1 fully saturated rings. The molecular weight excluding hydrogens is 391 g/mol. The van der Waals surface area contributed by atoms with Crippen molar-refractivity contribution in [3.8, 4) is 0 Å². The van der Waals surface area contributed by atoms with E-state index in [0.29, 0.717) is 19.0 Å². The van der Waals surface area contributed by atoms with Gasteiger partial charge in [0.05, 0.1) is 5.69 Å². The molecule has 1 amide bonds. The highest BCUT2D eigenvalue weighted by Crippen LogP contribution is 2.38. The molecule has 2 aromatic rings. The van der Waals surface area contributed by atoms with E-state index in [0.717, 1.165) is 42.0 Å². The van der Waals surface area contributed by atoms with E-state index in [-0.39, 0.29) is 23.8 Å². The van der Waals surface area contributed by atoms with Crippen LogP contribution in [0.4, 0.5) is 10.1 Å². The first-order chi connectivity index (χ1) is 15.0. The van der Waals surface area contributed by atoms with Crippen molar-refractivity contribution in [2.24, 2.45) is 16.8 Å². The number of fused-ring (bicyclic) bond motifs is 1. The lowest BCUT2D eigenvalue weighted by molar-refractivity contribution is -0.129. The summed E-state index contributed by atoms with van der Waals surface area (Å²) in [6.07, 6.45) is 1.96. The fourth-order valence-electron chi connectivity index (χ4n) is 4.61. The predicted octanol–water partition coefficient (Wildman–Crippen LogP) is 4.33. The highest BCUT2D eigenvalue weighted by molar-refractivity contribution is 6.01. The second-order valence-electron chi connectivity index (χ2n) is 8.57. The summed E-state index contributed by atoms with van der Waals surface area (Å²) < 4.78 is 14.2. The third-order valence-corrected chi connectivity index (χ3v) is 6.63. The number of amidine groups is 1. The van der Waals surface area contributed by atoms with E-state index in [9.17, 15) is 9.18 Å². The third-order valence-electron chi connectivity index (χ3n) is 6.63. The summed E-state index contributed by atoms with van der Waals surface area (Å²) in [5.74, 6) is 1.38. The van der Waals surface area contributed by atoms with Crippen molar-refractivity contribution in [2.75, 3.05) is 26.7 Å². The van der Waals surface area contributed by atoms with Crippen LogP contribution >= 0.6 is 0 Å². The fraction of sp³-hybridized carbons (Fsp3) is 0.440. The zero-order chi connectivity index (χ0) is 22.0. The Labute approximate surface area is 184 Å². The van der Waals surface area contributed by atoms with Crippen molar-refractivity contribution >= 4 is 17.4 Å². The lowest BCUT2D eigenvalue weighted by Crippen LogP contribution is -2.48. The molecule has 1 heterocycles. The Morgan fingerprint density at radius 2 is 2.00 bits per heavy atom. The second-order valence-corrected chi connectivity index (χ2v) is 8.57. The van der Waals surface area contributed by atoms with E-state index >= 15 is 0 Å². The summed E-state index contributed by atoms with van der Waals surface area (Å²) in [4.78, 5) is 21.6. The lowest BCUT2D eigenvalue weighted by Gasteiger charge is -2.42. The largest absolute Gasteiger partial charge is 0.355 e. The van der Waals surface area contributed by atoms with Gasteiger partial charge in [0.25, 0.3) is 0 Å². The van der Waals surface area contributed by atoms with Gasteiger partial charge in [-0.05, 0) is 43.5 Å². The van der Waals surface area contributed by atoms with Gasteiger partial charge in [0.15, 0.2) is 0 Å². The Bertz CT molecular complexity index is 961. The molecule has 1 saturated carbocycles. The van der Waals surface area contributed by atoms with Gasteiger partial charge in [0.1, 0.15) is 17.8 Å². The van der Waals surface area contributed by atoms with Gasteiger partial charge in [0.2, 0.25) is 5.91 Å². The number of carbonyl (C=O) groups is 1. The smallest absolute Gasteiger partial charge is 0.223 e. The summed E-state index contributed by atoms with van der Waals surface area (Å²) in [7, 11) is 2.00. The van der Waals surface area contributed by atoms with E-state index in [1.54, 1.807) is 12.1 Å². The maximum absolute atomic E-state index is 14.2. The number of aliphatic imine (C=N–C) groups is 1. The van der Waals surface area contributed by atoms with Crippen molar-refractivity contribution in [1.29, 1.82) is 0 Å². The molecule has 0 radical (unpaired) electrons. The SMILES string of the molecule is CCN(CCNC(=O)C1CCC1C)C1c2cc(F)ccc2N=C(c2ccccc2)N1C. The molecule has 3 atom stereocenters. The molecule has 1 aliphatic heterocycles. The standard InChI is InChI=1S/C25H31FN4O/c1-4-30(15-14-27-24(31)20-12-10-17(20)2)25-21-16-19(26)11-13-22(21)28-23(29(25)3)18-8-6-5-7-9-18/h5-9,11,13,16-17,20,25H,4,10,12,14-15H2,1-3H3,(H,27,31). The second kappa shape index (κ2) is 9.18. The topological polar surface area (TPSA) is 47.9 Å². The summed E-state index contributed by atoms with van der Waals surface area (Å²) in [6, 6.07) is 14.8. The molecule has 0 saturated heterocycles. The van der Waals surface area contributed by atoms with Gasteiger partial charge in [-0.25, -0.2) is 9.38 Å². The number of carbonyl (C=O) groups excluding carboxylic acids is 1. The Morgan fingerprint density at radius 3 is 2.65 bits per heavy atom. The maximum Gasteiger partial charge on any atom is 0.223 e. The number of hydrogen-bond donors (Lipinski definition) is 1. The predicted molar refractivity (Wildman–Crippen MR) is 122 cm³/mol. The van der Waals surface area contributed by atoms with Crippen LogP contribution in [0, 0.1) is 17.7 Å². The molecule has 4 rings (SSSR count). The van der Waals surface area contributed by atoms with Gasteiger partial charge < -0.3 is 10.2 Å². The van der Waals surface area contributed by atoms with Gasteiger partial charge in [0, 0.05) is 37.2 Å². The van der Waals surface area contributed by atoms with Gasteiger partial charge in [-0.1, -0.05) is 44.2 Å². The molecule has 0 aromatic heterocycles. The zero-order valence-corrected chi connectivity index (χ0v) is 18.5. The molecule has 5 nitrogen and oxygen atoms in total. The minimum Gasteiger partial charge on any atom is -0.355 e. The Hall–Kier alpha value is -2.73. The van der Waals surface area contributed by atoms with E-state index in [2.05, 4.69) is 29.0 Å². The molecule has 6 heteroatoms. The van der Waals surface area contributed by atoms with Gasteiger partial charge >= 0.3 is 0 Å². The van der Waals surface area contributed by atoms with E-state index in [4.69, 9.17) is 4.99 Å². The number of rotatable bonds is 7. The van der Waals surface area contributed by atoms with E-state index < -0.39 is 0 Å². The number of nitrogens with one attached hydrogen (secondary N) is 1. The molecule has 31 heavy (non-hydrogen) atoms. The number of likely N-dealkylation sites (N-methyl/N-ethyl adjacent to an activating group) is 1. The van der Waals surface area contributed by atoms with E-state index in [1.807, 2.05) is 37.4 Å². The highest BCUT2D eigenvalue weighted by Gasteiger charge is 2.34. The Balaban J connectivity index is 1.56. The first-order valence-corrected chi connectivity index (χ1v) is 11.2. The Kier molecular flexibility index (Phi) is 6.37. The normalized spacial score (nSPS) is 22.5. The molecular formula is C25H31FN4O. The molecule has 0 bridgehead atoms. The number of halogens is 1. The van der Waals surface area contributed by atoms with Crippen LogP contribution in [0.15, 0.2) is 53.5 Å². The van der Waals surface area contributed by atoms with Crippen LogP contribution in [-0.2, 0) is 4.79 Å². The Morgan fingerprint density at radius 1 is 1.23 bits per heavy atom. The van der Waals surface area contributed by atoms with Crippen LogP contribution in [0.2, 0.25) is 0 Å². The maximum atomic E-state index is 14.2. The van der Waals surface area contributed by atoms with E-state index in [1.165, 1.54) is 6.07 Å². The number of nitrogens with zero attached hydrogens (tertiary/aromatic N) is 3. The molecule has 0 spiro atoms. The average molecular weight is 423 g/mol. The number of benzene rings is 2. The first-order valence-electron chi connectivity index (χ1n) is 11.2. The van der Waals surface area contributed by atoms with Crippen molar-refractivity contribution in [3.05, 3.63) is 65.5 Å². The lowest BCUT2D eigenvalue weighted by atomic mass is 9.74. The number of hydrogen-bond acceptors (Lipinski definition) is 4. The van der Waals surface area contributed by atoms with Crippen LogP contribution < -0.4 is 5.32 Å². The first kappa shape index (κ1) is 21.5. The summed E-state index contributed by atoms with van der Waals surface area (Å²) in [5, 5.41) is 3.11. The molecule has 2 aromatic carbocycles. The fourth-order valence-corrected chi connectivity index (χ4v) is 4.61. The summed E-state index contributed by atoms with van der Waals surface area (Å²) in [5.41, 5.74) is 2.66. The minimum atomic E-state index is -0.265. The van der Waals surface area contributed by atoms with Crippen LogP contribution in [0.3, 0.4) is 0 Å².